The highest BCUT2D eigenvalue weighted by atomic mass is 16.7. The van der Waals surface area contributed by atoms with Crippen molar-refractivity contribution in [1.29, 1.82) is 0 Å². The van der Waals surface area contributed by atoms with Crippen molar-refractivity contribution in [2.45, 2.75) is 24.7 Å². The van der Waals surface area contributed by atoms with Crippen molar-refractivity contribution in [2.75, 3.05) is 19.8 Å². The molecule has 0 N–H and O–H groups in total. The van der Waals surface area contributed by atoms with E-state index in [1.807, 2.05) is 41.8 Å². The highest BCUT2D eigenvalue weighted by Crippen LogP contribution is 2.35. The van der Waals surface area contributed by atoms with Gasteiger partial charge in [-0.2, -0.15) is 0 Å². The summed E-state index contributed by atoms with van der Waals surface area (Å²) in [6, 6.07) is 9.97. The van der Waals surface area contributed by atoms with Crippen LogP contribution in [0.25, 0.3) is 0 Å². The van der Waals surface area contributed by atoms with Crippen LogP contribution >= 0.6 is 0 Å². The number of carbonyl (C=O) groups excluding carboxylic acids is 1. The van der Waals surface area contributed by atoms with Crippen LogP contribution in [0.4, 0.5) is 0 Å². The number of benzene rings is 1. The number of imidazole rings is 1. The average Bonchev–Trinajstić information content (AvgIpc) is 3.27. The second-order valence-corrected chi connectivity index (χ2v) is 6.04. The third kappa shape index (κ3) is 2.54. The zero-order valence-corrected chi connectivity index (χ0v) is 12.8. The van der Waals surface area contributed by atoms with Gasteiger partial charge in [-0.3, -0.25) is 0 Å². The van der Waals surface area contributed by atoms with Crippen molar-refractivity contribution >= 4 is 5.97 Å². The van der Waals surface area contributed by atoms with E-state index in [1.165, 1.54) is 0 Å². The molecule has 1 aromatic heterocycles. The van der Waals surface area contributed by atoms with Gasteiger partial charge in [-0.05, 0) is 12.5 Å². The predicted octanol–water partition coefficient (Wildman–Crippen LogP) is 1.82. The summed E-state index contributed by atoms with van der Waals surface area (Å²) in [5, 5.41) is 0. The Bertz CT molecular complexity index is 704. The van der Waals surface area contributed by atoms with Crippen LogP contribution in [0.15, 0.2) is 42.9 Å². The molecule has 2 atom stereocenters. The van der Waals surface area contributed by atoms with E-state index in [4.69, 9.17) is 14.2 Å². The standard InChI is InChI=1S/C17H18N2O4/c1-12(13-5-3-2-4-6-13)19-11-18-7-14(19)16(20)23-17(9-21-10-17)15-8-22-15/h2-7,11-12,15H,8-10H2,1H3/t12-,15?/m1/s1. The lowest BCUT2D eigenvalue weighted by atomic mass is 9.98. The highest BCUT2D eigenvalue weighted by Gasteiger charge is 2.56. The fourth-order valence-electron chi connectivity index (χ4n) is 2.87. The molecule has 2 aliphatic rings. The van der Waals surface area contributed by atoms with Gasteiger partial charge in [0.2, 0.25) is 0 Å². The number of esters is 1. The second-order valence-electron chi connectivity index (χ2n) is 6.04. The van der Waals surface area contributed by atoms with Gasteiger partial charge in [-0.15, -0.1) is 0 Å². The average molecular weight is 314 g/mol. The zero-order chi connectivity index (χ0) is 15.9. The highest BCUT2D eigenvalue weighted by molar-refractivity contribution is 5.88. The molecule has 6 nitrogen and oxygen atoms in total. The lowest BCUT2D eigenvalue weighted by Gasteiger charge is -2.39. The van der Waals surface area contributed by atoms with Gasteiger partial charge < -0.3 is 18.8 Å². The molecule has 0 saturated carbocycles. The summed E-state index contributed by atoms with van der Waals surface area (Å²) < 4.78 is 18.1. The molecule has 2 saturated heterocycles. The van der Waals surface area contributed by atoms with Crippen LogP contribution in [0.1, 0.15) is 29.0 Å². The van der Waals surface area contributed by atoms with Gasteiger partial charge in [0.05, 0.1) is 38.4 Å². The Morgan fingerprint density at radius 3 is 2.74 bits per heavy atom. The van der Waals surface area contributed by atoms with Crippen LogP contribution in [0.5, 0.6) is 0 Å². The number of hydrogen-bond acceptors (Lipinski definition) is 5. The maximum absolute atomic E-state index is 12.6. The third-order valence-corrected chi connectivity index (χ3v) is 4.48. The van der Waals surface area contributed by atoms with Gasteiger partial charge in [0.1, 0.15) is 11.8 Å². The predicted molar refractivity (Wildman–Crippen MR) is 81.2 cm³/mol. The first-order valence-corrected chi connectivity index (χ1v) is 7.69. The number of nitrogens with zero attached hydrogens (tertiary/aromatic N) is 2. The topological polar surface area (TPSA) is 65.9 Å². The Balaban J connectivity index is 1.56. The van der Waals surface area contributed by atoms with E-state index in [0.717, 1.165) is 5.56 Å². The normalized spacial score (nSPS) is 22.9. The molecule has 2 fully saturated rings. The van der Waals surface area contributed by atoms with Crippen molar-refractivity contribution in [3.63, 3.8) is 0 Å². The summed E-state index contributed by atoms with van der Waals surface area (Å²) in [6.07, 6.45) is 3.16. The van der Waals surface area contributed by atoms with Crippen molar-refractivity contribution in [3.05, 3.63) is 54.1 Å². The Morgan fingerprint density at radius 2 is 2.13 bits per heavy atom. The Kier molecular flexibility index (Phi) is 3.43. The van der Waals surface area contributed by atoms with Gasteiger partial charge in [-0.1, -0.05) is 30.3 Å². The molecule has 23 heavy (non-hydrogen) atoms. The molecule has 2 aliphatic heterocycles. The summed E-state index contributed by atoms with van der Waals surface area (Å²) in [7, 11) is 0. The minimum Gasteiger partial charge on any atom is -0.447 e. The van der Waals surface area contributed by atoms with Crippen LogP contribution in [0.2, 0.25) is 0 Å². The lowest BCUT2D eigenvalue weighted by molar-refractivity contribution is -0.190. The second kappa shape index (κ2) is 5.47. The fraction of sp³-hybridized carbons (Fsp3) is 0.412. The molecule has 1 unspecified atom stereocenters. The maximum Gasteiger partial charge on any atom is 0.357 e. The largest absolute Gasteiger partial charge is 0.447 e. The van der Waals surface area contributed by atoms with E-state index in [-0.39, 0.29) is 18.1 Å². The molecule has 0 spiro atoms. The van der Waals surface area contributed by atoms with E-state index < -0.39 is 5.60 Å². The molecule has 0 amide bonds. The Morgan fingerprint density at radius 1 is 1.39 bits per heavy atom. The van der Waals surface area contributed by atoms with Gasteiger partial charge in [-0.25, -0.2) is 9.78 Å². The summed E-state index contributed by atoms with van der Waals surface area (Å²) in [5.74, 6) is -0.385. The number of carbonyl (C=O) groups is 1. The first-order chi connectivity index (χ1) is 11.2. The minimum atomic E-state index is -0.623. The maximum atomic E-state index is 12.6. The molecular formula is C17H18N2O4. The van der Waals surface area contributed by atoms with Crippen molar-refractivity contribution in [2.24, 2.45) is 0 Å². The number of ether oxygens (including phenoxy) is 3. The van der Waals surface area contributed by atoms with E-state index in [9.17, 15) is 4.79 Å². The van der Waals surface area contributed by atoms with Crippen LogP contribution in [0, 0.1) is 0 Å². The van der Waals surface area contributed by atoms with Crippen LogP contribution in [-0.2, 0) is 14.2 Å². The molecule has 2 aromatic rings. The van der Waals surface area contributed by atoms with Crippen molar-refractivity contribution < 1.29 is 19.0 Å². The van der Waals surface area contributed by atoms with Gasteiger partial charge in [0, 0.05) is 0 Å². The summed E-state index contributed by atoms with van der Waals surface area (Å²) in [5.41, 5.74) is 0.919. The minimum absolute atomic E-state index is 0.00739. The number of aromatic nitrogens is 2. The number of hydrogen-bond donors (Lipinski definition) is 0. The van der Waals surface area contributed by atoms with E-state index >= 15 is 0 Å². The number of epoxide rings is 1. The van der Waals surface area contributed by atoms with Gasteiger partial charge in [0.15, 0.2) is 5.60 Å². The fourth-order valence-corrected chi connectivity index (χ4v) is 2.87. The van der Waals surface area contributed by atoms with Gasteiger partial charge in [0.25, 0.3) is 0 Å². The van der Waals surface area contributed by atoms with Crippen LogP contribution < -0.4 is 0 Å². The van der Waals surface area contributed by atoms with Crippen molar-refractivity contribution in [3.8, 4) is 0 Å². The van der Waals surface area contributed by atoms with Crippen LogP contribution in [0.3, 0.4) is 0 Å². The Hall–Kier alpha value is -2.18. The third-order valence-electron chi connectivity index (χ3n) is 4.48. The quantitative estimate of drug-likeness (QED) is 0.622. The molecule has 4 rings (SSSR count). The molecule has 1 aromatic carbocycles. The van der Waals surface area contributed by atoms with E-state index in [1.54, 1.807) is 12.5 Å². The number of rotatable bonds is 5. The summed E-state index contributed by atoms with van der Waals surface area (Å²) in [6.45, 7) is 3.44. The van der Waals surface area contributed by atoms with Crippen LogP contribution in [-0.4, -0.2) is 47.0 Å². The van der Waals surface area contributed by atoms with E-state index in [2.05, 4.69) is 4.98 Å². The summed E-state index contributed by atoms with van der Waals surface area (Å²) >= 11 is 0. The molecule has 120 valence electrons. The molecule has 6 heteroatoms. The summed E-state index contributed by atoms with van der Waals surface area (Å²) in [4.78, 5) is 16.7. The Labute approximate surface area is 134 Å². The first kappa shape index (κ1) is 14.4. The zero-order valence-electron chi connectivity index (χ0n) is 12.8. The smallest absolute Gasteiger partial charge is 0.357 e. The molecular weight excluding hydrogens is 296 g/mol. The van der Waals surface area contributed by atoms with Gasteiger partial charge >= 0.3 is 5.97 Å². The molecule has 0 radical (unpaired) electrons. The lowest BCUT2D eigenvalue weighted by Crippen LogP contribution is -2.57. The monoisotopic (exact) mass is 314 g/mol. The van der Waals surface area contributed by atoms with Crippen molar-refractivity contribution in [1.82, 2.24) is 9.55 Å². The van der Waals surface area contributed by atoms with E-state index in [0.29, 0.717) is 25.5 Å². The SMILES string of the molecule is C[C@H](c1ccccc1)n1cncc1C(=O)OC1(C2CO2)COC1. The molecule has 3 heterocycles. The molecule has 0 bridgehead atoms. The first-order valence-electron chi connectivity index (χ1n) is 7.69. The molecule has 0 aliphatic carbocycles.